The topological polar surface area (TPSA) is 49.2 Å². The molecule has 0 spiro atoms. The van der Waals surface area contributed by atoms with Crippen molar-refractivity contribution in [2.45, 2.75) is 53.1 Å². The number of aliphatic hydroxyl groups excluding tert-OH is 1. The normalized spacial score (nSPS) is 18.9. The summed E-state index contributed by atoms with van der Waals surface area (Å²) >= 11 is 0. The van der Waals surface area contributed by atoms with Crippen LogP contribution in [0.2, 0.25) is 0 Å². The molecule has 106 valence electrons. The van der Waals surface area contributed by atoms with Crippen LogP contribution in [0.1, 0.15) is 58.0 Å². The molecule has 19 heavy (non-hydrogen) atoms. The van der Waals surface area contributed by atoms with Gasteiger partial charge in [0.25, 0.3) is 0 Å². The Bertz CT molecular complexity index is 433. The Morgan fingerprint density at radius 2 is 1.95 bits per heavy atom. The van der Waals surface area contributed by atoms with Crippen molar-refractivity contribution in [1.29, 1.82) is 0 Å². The van der Waals surface area contributed by atoms with Crippen LogP contribution < -0.4 is 4.90 Å². The van der Waals surface area contributed by atoms with Crippen molar-refractivity contribution >= 4 is 5.69 Å². The summed E-state index contributed by atoms with van der Waals surface area (Å²) in [5, 5.41) is 9.54. The van der Waals surface area contributed by atoms with Crippen LogP contribution >= 0.6 is 0 Å². The minimum Gasteiger partial charge on any atom is -0.390 e. The van der Waals surface area contributed by atoms with Gasteiger partial charge < -0.3 is 10.0 Å². The van der Waals surface area contributed by atoms with Crippen LogP contribution in [0.25, 0.3) is 0 Å². The highest BCUT2D eigenvalue weighted by Gasteiger charge is 2.27. The summed E-state index contributed by atoms with van der Waals surface area (Å²) in [5.41, 5.74) is 2.19. The zero-order valence-electron chi connectivity index (χ0n) is 12.5. The number of anilines is 1. The highest BCUT2D eigenvalue weighted by atomic mass is 16.3. The minimum absolute atomic E-state index is 0.0164. The fourth-order valence-corrected chi connectivity index (χ4v) is 2.44. The molecule has 0 amide bonds. The summed E-state index contributed by atoms with van der Waals surface area (Å²) in [6, 6.07) is 0. The Balaban J connectivity index is 2.21. The number of rotatable bonds is 3. The Kier molecular flexibility index (Phi) is 4.09. The third-order valence-corrected chi connectivity index (χ3v) is 3.99. The van der Waals surface area contributed by atoms with E-state index < -0.39 is 0 Å². The zero-order chi connectivity index (χ0) is 14.0. The van der Waals surface area contributed by atoms with E-state index in [0.717, 1.165) is 30.3 Å². The van der Waals surface area contributed by atoms with Crippen LogP contribution in [0.4, 0.5) is 5.69 Å². The standard InChI is InChI=1S/C15H25N3O/c1-11(2)14-16-9-13(12(10-19)17-14)18-7-5-15(3,4)6-8-18/h9,11,19H,5-8,10H2,1-4H3. The molecule has 1 N–H and O–H groups in total. The number of aliphatic hydroxyl groups is 1. The van der Waals surface area contributed by atoms with Crippen LogP contribution in [0, 0.1) is 5.41 Å². The number of nitrogens with zero attached hydrogens (tertiary/aromatic N) is 3. The Labute approximate surface area is 115 Å². The molecule has 1 aliphatic heterocycles. The maximum Gasteiger partial charge on any atom is 0.131 e. The van der Waals surface area contributed by atoms with E-state index in [1.807, 2.05) is 6.20 Å². The Hall–Kier alpha value is -1.16. The Morgan fingerprint density at radius 1 is 1.32 bits per heavy atom. The van der Waals surface area contributed by atoms with Gasteiger partial charge in [-0.05, 0) is 18.3 Å². The predicted molar refractivity (Wildman–Crippen MR) is 77.3 cm³/mol. The molecule has 0 bridgehead atoms. The van der Waals surface area contributed by atoms with Gasteiger partial charge in [-0.2, -0.15) is 0 Å². The lowest BCUT2D eigenvalue weighted by Gasteiger charge is -2.38. The van der Waals surface area contributed by atoms with Gasteiger partial charge in [-0.3, -0.25) is 0 Å². The van der Waals surface area contributed by atoms with Gasteiger partial charge in [-0.1, -0.05) is 27.7 Å². The van der Waals surface area contributed by atoms with E-state index >= 15 is 0 Å². The summed E-state index contributed by atoms with van der Waals surface area (Å²) in [7, 11) is 0. The van der Waals surface area contributed by atoms with Gasteiger partial charge in [-0.25, -0.2) is 9.97 Å². The van der Waals surface area contributed by atoms with Gasteiger partial charge in [0.2, 0.25) is 0 Å². The minimum atomic E-state index is -0.0164. The summed E-state index contributed by atoms with van der Waals surface area (Å²) in [5.74, 6) is 1.10. The van der Waals surface area contributed by atoms with Crippen molar-refractivity contribution in [3.63, 3.8) is 0 Å². The van der Waals surface area contributed by atoms with Gasteiger partial charge in [0.05, 0.1) is 24.2 Å². The van der Waals surface area contributed by atoms with Crippen LogP contribution in [0.5, 0.6) is 0 Å². The molecule has 4 nitrogen and oxygen atoms in total. The van der Waals surface area contributed by atoms with Gasteiger partial charge in [0, 0.05) is 19.0 Å². The molecule has 1 aromatic rings. The summed E-state index contributed by atoms with van der Waals surface area (Å²) in [6.07, 6.45) is 4.22. The molecule has 1 saturated heterocycles. The number of piperidine rings is 1. The van der Waals surface area contributed by atoms with Crippen LogP contribution in [0.3, 0.4) is 0 Å². The molecule has 1 aromatic heterocycles. The van der Waals surface area contributed by atoms with E-state index in [4.69, 9.17) is 0 Å². The smallest absolute Gasteiger partial charge is 0.131 e. The van der Waals surface area contributed by atoms with Crippen molar-refractivity contribution in [3.05, 3.63) is 17.7 Å². The van der Waals surface area contributed by atoms with E-state index in [9.17, 15) is 5.11 Å². The van der Waals surface area contributed by atoms with Crippen molar-refractivity contribution < 1.29 is 5.11 Å². The molecular weight excluding hydrogens is 238 g/mol. The first kappa shape index (κ1) is 14.3. The van der Waals surface area contributed by atoms with Crippen LogP contribution in [-0.2, 0) is 6.61 Å². The maximum absolute atomic E-state index is 9.54. The van der Waals surface area contributed by atoms with Crippen molar-refractivity contribution in [1.82, 2.24) is 9.97 Å². The highest BCUT2D eigenvalue weighted by molar-refractivity contribution is 5.49. The number of hydrogen-bond donors (Lipinski definition) is 1. The molecule has 0 saturated carbocycles. The Morgan fingerprint density at radius 3 is 2.47 bits per heavy atom. The maximum atomic E-state index is 9.54. The monoisotopic (exact) mass is 263 g/mol. The number of hydrogen-bond acceptors (Lipinski definition) is 4. The molecule has 4 heteroatoms. The molecule has 0 aliphatic carbocycles. The molecule has 1 aliphatic rings. The molecule has 2 heterocycles. The summed E-state index contributed by atoms with van der Waals surface area (Å²) in [6.45, 7) is 10.8. The summed E-state index contributed by atoms with van der Waals surface area (Å²) in [4.78, 5) is 11.2. The third kappa shape index (κ3) is 3.24. The SMILES string of the molecule is CC(C)c1ncc(N2CCC(C)(C)CC2)c(CO)n1. The fraction of sp³-hybridized carbons (Fsp3) is 0.733. The van der Waals surface area contributed by atoms with E-state index in [1.165, 1.54) is 12.8 Å². The second kappa shape index (κ2) is 5.45. The molecular formula is C15H25N3O. The highest BCUT2D eigenvalue weighted by Crippen LogP contribution is 2.33. The lowest BCUT2D eigenvalue weighted by molar-refractivity contribution is 0.269. The summed E-state index contributed by atoms with van der Waals surface area (Å²) < 4.78 is 0. The molecule has 1 fully saturated rings. The van der Waals surface area contributed by atoms with Crippen molar-refractivity contribution in [2.24, 2.45) is 5.41 Å². The first-order valence-corrected chi connectivity index (χ1v) is 7.14. The van der Waals surface area contributed by atoms with E-state index in [1.54, 1.807) is 0 Å². The van der Waals surface area contributed by atoms with Crippen molar-refractivity contribution in [2.75, 3.05) is 18.0 Å². The lowest BCUT2D eigenvalue weighted by Crippen LogP contribution is -2.38. The fourth-order valence-electron chi connectivity index (χ4n) is 2.44. The second-order valence-electron chi connectivity index (χ2n) is 6.52. The lowest BCUT2D eigenvalue weighted by atomic mass is 9.82. The average molecular weight is 263 g/mol. The van der Waals surface area contributed by atoms with Gasteiger partial charge >= 0.3 is 0 Å². The van der Waals surface area contributed by atoms with Crippen LogP contribution in [0.15, 0.2) is 6.20 Å². The first-order chi connectivity index (χ1) is 8.93. The zero-order valence-corrected chi connectivity index (χ0v) is 12.5. The first-order valence-electron chi connectivity index (χ1n) is 7.14. The molecule has 2 rings (SSSR count). The van der Waals surface area contributed by atoms with E-state index in [-0.39, 0.29) is 6.61 Å². The van der Waals surface area contributed by atoms with Gasteiger partial charge in [0.1, 0.15) is 5.82 Å². The molecule has 0 aromatic carbocycles. The molecule has 0 radical (unpaired) electrons. The van der Waals surface area contributed by atoms with E-state index in [0.29, 0.717) is 11.3 Å². The average Bonchev–Trinajstić information content (AvgIpc) is 2.38. The predicted octanol–water partition coefficient (Wildman–Crippen LogP) is 2.72. The number of aromatic nitrogens is 2. The quantitative estimate of drug-likeness (QED) is 0.911. The van der Waals surface area contributed by atoms with Crippen molar-refractivity contribution in [3.8, 4) is 0 Å². The largest absolute Gasteiger partial charge is 0.390 e. The van der Waals surface area contributed by atoms with Crippen LogP contribution in [-0.4, -0.2) is 28.2 Å². The molecule has 0 atom stereocenters. The molecule has 0 unspecified atom stereocenters. The second-order valence-corrected chi connectivity index (χ2v) is 6.52. The van der Waals surface area contributed by atoms with Gasteiger partial charge in [-0.15, -0.1) is 0 Å². The third-order valence-electron chi connectivity index (χ3n) is 3.99. The van der Waals surface area contributed by atoms with Gasteiger partial charge in [0.15, 0.2) is 0 Å². The van der Waals surface area contributed by atoms with E-state index in [2.05, 4.69) is 42.6 Å².